The molecule has 2 heterocycles. The van der Waals surface area contributed by atoms with Crippen LogP contribution < -0.4 is 4.90 Å². The molecule has 2 fully saturated rings. The molecule has 2 aliphatic carbocycles. The summed E-state index contributed by atoms with van der Waals surface area (Å²) in [6.45, 7) is 1.37. The molecule has 1 aromatic heterocycles. The van der Waals surface area contributed by atoms with Gasteiger partial charge in [0.25, 0.3) is 0 Å². The van der Waals surface area contributed by atoms with Crippen molar-refractivity contribution in [3.63, 3.8) is 0 Å². The fourth-order valence-electron chi connectivity index (χ4n) is 7.49. The highest BCUT2D eigenvalue weighted by Crippen LogP contribution is 2.53. The smallest absolute Gasteiger partial charge is 0.339 e. The van der Waals surface area contributed by atoms with Crippen molar-refractivity contribution >= 4 is 67.7 Å². The molecular formula is C40H28BrClN2O5. The summed E-state index contributed by atoms with van der Waals surface area (Å²) >= 11 is 10.1. The Labute approximate surface area is 295 Å². The van der Waals surface area contributed by atoms with E-state index in [1.807, 2.05) is 49.4 Å². The molecule has 1 saturated carbocycles. The fraction of sp³-hybridized carbons (Fsp3) is 0.175. The lowest BCUT2D eigenvalue weighted by atomic mass is 9.85. The number of pyridine rings is 1. The van der Waals surface area contributed by atoms with Gasteiger partial charge in [-0.15, -0.1) is 0 Å². The number of allylic oxidation sites excluding steroid dienone is 2. The van der Waals surface area contributed by atoms with Gasteiger partial charge in [0.15, 0.2) is 12.4 Å². The molecule has 4 unspecified atom stereocenters. The molecule has 242 valence electrons. The van der Waals surface area contributed by atoms with Gasteiger partial charge < -0.3 is 4.74 Å². The molecule has 0 N–H and O–H groups in total. The molecule has 1 aliphatic heterocycles. The van der Waals surface area contributed by atoms with Crippen molar-refractivity contribution in [3.8, 4) is 22.4 Å². The van der Waals surface area contributed by atoms with E-state index in [0.29, 0.717) is 48.5 Å². The zero-order valence-electron chi connectivity index (χ0n) is 26.2. The number of aryl methyl sites for hydroxylation is 1. The van der Waals surface area contributed by atoms with Gasteiger partial charge in [-0.1, -0.05) is 90.5 Å². The number of rotatable bonds is 7. The van der Waals surface area contributed by atoms with E-state index >= 15 is 0 Å². The minimum atomic E-state index is -0.684. The van der Waals surface area contributed by atoms with Gasteiger partial charge in [0.05, 0.1) is 39.3 Å². The molecule has 7 nitrogen and oxygen atoms in total. The summed E-state index contributed by atoms with van der Waals surface area (Å²) in [5.41, 5.74) is 5.46. The van der Waals surface area contributed by atoms with Gasteiger partial charge in [-0.2, -0.15) is 0 Å². The van der Waals surface area contributed by atoms with Crippen LogP contribution in [0.15, 0.2) is 108 Å². The average Bonchev–Trinajstić information content (AvgIpc) is 3.83. The first-order valence-corrected chi connectivity index (χ1v) is 17.2. The SMILES string of the molecule is Cc1c(Cl)c(Br)cc2c(C(=O)OCC(=O)c3ccc(-c4ccccc4)cc3)cc(-c3ccc(N4C(=O)C5C6C=CC(C6)C5C4=O)cc3)nc12. The van der Waals surface area contributed by atoms with Gasteiger partial charge >= 0.3 is 5.97 Å². The summed E-state index contributed by atoms with van der Waals surface area (Å²) in [5.74, 6) is -1.63. The number of hydrogen-bond donors (Lipinski definition) is 0. The number of ketones is 1. The molecule has 49 heavy (non-hydrogen) atoms. The van der Waals surface area contributed by atoms with Crippen LogP contribution in [-0.4, -0.2) is 35.2 Å². The Morgan fingerprint density at radius 3 is 2.12 bits per heavy atom. The van der Waals surface area contributed by atoms with Crippen molar-refractivity contribution in [2.75, 3.05) is 11.5 Å². The van der Waals surface area contributed by atoms with E-state index < -0.39 is 12.6 Å². The Bertz CT molecular complexity index is 2200. The number of carbonyl (C=O) groups excluding carboxylic acids is 4. The van der Waals surface area contributed by atoms with Gasteiger partial charge in [0.1, 0.15) is 0 Å². The maximum atomic E-state index is 13.6. The zero-order chi connectivity index (χ0) is 34.0. The largest absolute Gasteiger partial charge is 0.454 e. The maximum absolute atomic E-state index is 13.6. The lowest BCUT2D eigenvalue weighted by molar-refractivity contribution is -0.123. The van der Waals surface area contributed by atoms with Crippen molar-refractivity contribution in [1.82, 2.24) is 4.98 Å². The quantitative estimate of drug-likeness (QED) is 0.0720. The predicted molar refractivity (Wildman–Crippen MR) is 191 cm³/mol. The highest BCUT2D eigenvalue weighted by Gasteiger charge is 2.59. The lowest BCUT2D eigenvalue weighted by Gasteiger charge is -2.18. The highest BCUT2D eigenvalue weighted by atomic mass is 79.9. The molecule has 0 radical (unpaired) electrons. The van der Waals surface area contributed by atoms with E-state index in [-0.39, 0.29) is 46.8 Å². The van der Waals surface area contributed by atoms with Crippen LogP contribution >= 0.6 is 27.5 Å². The second-order valence-electron chi connectivity index (χ2n) is 12.7. The Morgan fingerprint density at radius 1 is 0.857 bits per heavy atom. The number of halogens is 2. The molecule has 4 aromatic carbocycles. The van der Waals surface area contributed by atoms with Gasteiger partial charge in [-0.05, 0) is 82.1 Å². The number of fused-ring (bicyclic) bond motifs is 6. The second kappa shape index (κ2) is 12.2. The molecule has 9 heteroatoms. The van der Waals surface area contributed by atoms with Gasteiger partial charge in [0, 0.05) is 21.0 Å². The third-order valence-electron chi connectivity index (χ3n) is 9.98. The van der Waals surface area contributed by atoms with Gasteiger partial charge in [0.2, 0.25) is 11.8 Å². The van der Waals surface area contributed by atoms with E-state index in [0.717, 1.165) is 17.5 Å². The molecule has 4 atom stereocenters. The number of aromatic nitrogens is 1. The summed E-state index contributed by atoms with van der Waals surface area (Å²) in [4.78, 5) is 59.6. The van der Waals surface area contributed by atoms with Crippen LogP contribution in [0.2, 0.25) is 5.02 Å². The molecule has 2 bridgehead atoms. The first kappa shape index (κ1) is 31.4. The van der Waals surface area contributed by atoms with Gasteiger partial charge in [-0.25, -0.2) is 9.78 Å². The van der Waals surface area contributed by atoms with Crippen LogP contribution in [0.4, 0.5) is 5.69 Å². The van der Waals surface area contributed by atoms with Crippen molar-refractivity contribution in [2.45, 2.75) is 13.3 Å². The van der Waals surface area contributed by atoms with Crippen LogP contribution in [0.5, 0.6) is 0 Å². The maximum Gasteiger partial charge on any atom is 0.339 e. The Hall–Kier alpha value is -4.92. The molecular weight excluding hydrogens is 704 g/mol. The molecule has 3 aliphatic rings. The Kier molecular flexibility index (Phi) is 7.81. The monoisotopic (exact) mass is 730 g/mol. The summed E-state index contributed by atoms with van der Waals surface area (Å²) in [7, 11) is 0. The topological polar surface area (TPSA) is 93.6 Å². The van der Waals surface area contributed by atoms with E-state index in [2.05, 4.69) is 28.1 Å². The average molecular weight is 732 g/mol. The van der Waals surface area contributed by atoms with Crippen LogP contribution in [0.1, 0.15) is 32.7 Å². The highest BCUT2D eigenvalue weighted by molar-refractivity contribution is 9.10. The summed E-state index contributed by atoms with van der Waals surface area (Å²) < 4.78 is 6.18. The number of ether oxygens (including phenoxy) is 1. The lowest BCUT2D eigenvalue weighted by Crippen LogP contribution is -2.32. The summed E-state index contributed by atoms with van der Waals surface area (Å²) in [6, 6.07) is 27.4. The number of carbonyl (C=O) groups is 4. The number of esters is 1. The van der Waals surface area contributed by atoms with Crippen LogP contribution in [0, 0.1) is 30.6 Å². The number of anilines is 1. The first-order valence-electron chi connectivity index (χ1n) is 16.0. The van der Waals surface area contributed by atoms with E-state index in [4.69, 9.17) is 21.3 Å². The summed E-state index contributed by atoms with van der Waals surface area (Å²) in [6.07, 6.45) is 5.02. The van der Waals surface area contributed by atoms with Gasteiger partial charge in [-0.3, -0.25) is 19.3 Å². The molecule has 5 aromatic rings. The molecule has 8 rings (SSSR count). The Balaban J connectivity index is 1.06. The van der Waals surface area contributed by atoms with Crippen LogP contribution in [-0.2, 0) is 14.3 Å². The fourth-order valence-corrected chi connectivity index (χ4v) is 8.16. The summed E-state index contributed by atoms with van der Waals surface area (Å²) in [5, 5.41) is 0.975. The number of benzene rings is 4. The normalized spacial score (nSPS) is 20.7. The van der Waals surface area contributed by atoms with E-state index in [9.17, 15) is 19.2 Å². The van der Waals surface area contributed by atoms with Crippen LogP contribution in [0.3, 0.4) is 0 Å². The number of Topliss-reactive ketones (excluding diaryl/α,β-unsaturated/α-hetero) is 1. The van der Waals surface area contributed by atoms with Crippen molar-refractivity contribution < 1.29 is 23.9 Å². The van der Waals surface area contributed by atoms with E-state index in [1.165, 1.54) is 4.90 Å². The molecule has 1 saturated heterocycles. The predicted octanol–water partition coefficient (Wildman–Crippen LogP) is 8.64. The molecule has 0 spiro atoms. The molecule has 2 amide bonds. The number of nitrogens with zero attached hydrogens (tertiary/aromatic N) is 2. The standard InChI is InChI=1S/C40H28BrClN2O5/c1-21-36(42)31(41)18-29-30(40(48)49-20-33(45)25-9-7-23(8-10-25)22-5-3-2-4-6-22)19-32(43-37(21)29)24-13-15-28(16-14-24)44-38(46)34-26-11-12-27(17-26)35(34)39(44)47/h2-16,18-19,26-27,34-35H,17,20H2,1H3. The van der Waals surface area contributed by atoms with Crippen molar-refractivity contribution in [2.24, 2.45) is 23.7 Å². The Morgan fingerprint density at radius 2 is 1.47 bits per heavy atom. The third-order valence-corrected chi connectivity index (χ3v) is 11.3. The van der Waals surface area contributed by atoms with Crippen LogP contribution in [0.25, 0.3) is 33.3 Å². The number of amides is 2. The third kappa shape index (κ3) is 5.30. The minimum Gasteiger partial charge on any atom is -0.454 e. The van der Waals surface area contributed by atoms with Crippen molar-refractivity contribution in [3.05, 3.63) is 129 Å². The number of hydrogen-bond acceptors (Lipinski definition) is 6. The minimum absolute atomic E-state index is 0.126. The second-order valence-corrected chi connectivity index (χ2v) is 14.0. The zero-order valence-corrected chi connectivity index (χ0v) is 28.6. The number of imide groups is 1. The van der Waals surface area contributed by atoms with Crippen molar-refractivity contribution in [1.29, 1.82) is 0 Å². The first-order chi connectivity index (χ1) is 23.7. The van der Waals surface area contributed by atoms with E-state index in [1.54, 1.807) is 48.5 Å².